The van der Waals surface area contributed by atoms with E-state index in [1.165, 1.54) is 205 Å². The van der Waals surface area contributed by atoms with Gasteiger partial charge in [-0.2, -0.15) is 0 Å². The van der Waals surface area contributed by atoms with Gasteiger partial charge in [0, 0.05) is 25.7 Å². The molecule has 95 heavy (non-hydrogen) atoms. The van der Waals surface area contributed by atoms with E-state index >= 15 is 0 Å². The molecule has 0 aromatic rings. The Morgan fingerprint density at radius 1 is 0.305 bits per heavy atom. The molecule has 0 saturated carbocycles. The molecule has 0 heterocycles. The quantitative estimate of drug-likeness (QED) is 0.0222. The molecule has 6 atom stereocenters. The summed E-state index contributed by atoms with van der Waals surface area (Å²) in [7, 11) is -9.91. The lowest BCUT2D eigenvalue weighted by Gasteiger charge is -2.21. The molecule has 0 radical (unpaired) electrons. The fourth-order valence-corrected chi connectivity index (χ4v) is 13.2. The maximum Gasteiger partial charge on any atom is 0.472 e. The highest BCUT2D eigenvalue weighted by atomic mass is 31.2. The van der Waals surface area contributed by atoms with Gasteiger partial charge in [0.2, 0.25) is 0 Å². The maximum atomic E-state index is 13.1. The topological polar surface area (TPSA) is 237 Å². The van der Waals surface area contributed by atoms with E-state index in [9.17, 15) is 43.2 Å². The number of rotatable bonds is 75. The number of phosphoric acid groups is 2. The molecule has 0 bridgehead atoms. The van der Waals surface area contributed by atoms with Gasteiger partial charge in [-0.3, -0.25) is 37.3 Å². The number of phosphoric ester groups is 2. The second-order valence-electron chi connectivity index (χ2n) is 28.1. The molecule has 0 spiro atoms. The average molecular weight is 1400 g/mol. The number of carbonyl (C=O) groups is 4. The first kappa shape index (κ1) is 93.1. The first-order valence-electron chi connectivity index (χ1n) is 39.5. The van der Waals surface area contributed by atoms with Crippen molar-refractivity contribution in [2.75, 3.05) is 39.6 Å². The number of unbranched alkanes of at least 4 members (excludes halogenated alkanes) is 44. The van der Waals surface area contributed by atoms with E-state index in [0.29, 0.717) is 25.7 Å². The van der Waals surface area contributed by atoms with Crippen LogP contribution in [0.2, 0.25) is 0 Å². The summed E-state index contributed by atoms with van der Waals surface area (Å²) in [4.78, 5) is 72.8. The summed E-state index contributed by atoms with van der Waals surface area (Å²) in [5.41, 5.74) is 0. The molecule has 0 saturated heterocycles. The summed E-state index contributed by atoms with van der Waals surface area (Å²) in [5, 5.41) is 10.6. The summed E-state index contributed by atoms with van der Waals surface area (Å²) in [5.74, 6) is -0.627. The minimum absolute atomic E-state index is 0.106. The normalized spacial score (nSPS) is 14.3. The SMILES string of the molecule is CCCCCCCCCCCCCCCCCCCCCCC(=O)O[C@H](COC(=O)CCCCCCCCCCCCC(C)C)COP(=O)(O)OC[C@@H](O)COP(=O)(O)OC[C@@H](COC(=O)CCCCCCCCC(C)CC)OC(=O)CCCCCCCCCCCCCC. The molecule has 0 aromatic carbocycles. The highest BCUT2D eigenvalue weighted by Crippen LogP contribution is 2.45. The van der Waals surface area contributed by atoms with Crippen LogP contribution in [0.3, 0.4) is 0 Å². The van der Waals surface area contributed by atoms with E-state index in [4.69, 9.17) is 37.0 Å². The number of hydrogen-bond donors (Lipinski definition) is 3. The maximum absolute atomic E-state index is 13.1. The van der Waals surface area contributed by atoms with Gasteiger partial charge in [-0.15, -0.1) is 0 Å². The van der Waals surface area contributed by atoms with E-state index in [1.807, 2.05) is 0 Å². The third kappa shape index (κ3) is 69.0. The van der Waals surface area contributed by atoms with E-state index in [1.54, 1.807) is 0 Å². The minimum atomic E-state index is -4.96. The van der Waals surface area contributed by atoms with Crippen molar-refractivity contribution in [3.05, 3.63) is 0 Å². The molecule has 564 valence electrons. The molecular formula is C76H148O17P2. The number of hydrogen-bond acceptors (Lipinski definition) is 15. The summed E-state index contributed by atoms with van der Waals surface area (Å²) < 4.78 is 68.5. The number of esters is 4. The zero-order valence-electron chi connectivity index (χ0n) is 62.0. The van der Waals surface area contributed by atoms with Crippen LogP contribution in [-0.4, -0.2) is 96.7 Å². The van der Waals surface area contributed by atoms with Crippen molar-refractivity contribution in [1.29, 1.82) is 0 Å². The Bertz CT molecular complexity index is 1840. The molecule has 0 aliphatic carbocycles. The van der Waals surface area contributed by atoms with Crippen LogP contribution in [0.15, 0.2) is 0 Å². The van der Waals surface area contributed by atoms with Crippen molar-refractivity contribution in [1.82, 2.24) is 0 Å². The van der Waals surface area contributed by atoms with Crippen LogP contribution in [0.4, 0.5) is 0 Å². The van der Waals surface area contributed by atoms with Crippen LogP contribution >= 0.6 is 15.6 Å². The Morgan fingerprint density at radius 2 is 0.537 bits per heavy atom. The Balaban J connectivity index is 5.22. The van der Waals surface area contributed by atoms with Crippen LogP contribution in [0.1, 0.15) is 395 Å². The zero-order valence-corrected chi connectivity index (χ0v) is 63.8. The summed E-state index contributed by atoms with van der Waals surface area (Å²) in [6.45, 7) is 9.55. The van der Waals surface area contributed by atoms with Gasteiger partial charge < -0.3 is 33.8 Å². The lowest BCUT2D eigenvalue weighted by molar-refractivity contribution is -0.161. The predicted octanol–water partition coefficient (Wildman–Crippen LogP) is 22.3. The lowest BCUT2D eigenvalue weighted by atomic mass is 10.00. The number of carbonyl (C=O) groups excluding carboxylic acids is 4. The first-order chi connectivity index (χ1) is 45.9. The summed E-state index contributed by atoms with van der Waals surface area (Å²) >= 11 is 0. The summed E-state index contributed by atoms with van der Waals surface area (Å²) in [6.07, 6.45) is 55.6. The number of ether oxygens (including phenoxy) is 4. The molecule has 0 aliphatic rings. The van der Waals surface area contributed by atoms with Crippen molar-refractivity contribution in [2.24, 2.45) is 11.8 Å². The Hall–Kier alpha value is -1.94. The lowest BCUT2D eigenvalue weighted by Crippen LogP contribution is -2.30. The monoisotopic (exact) mass is 1400 g/mol. The second-order valence-corrected chi connectivity index (χ2v) is 31.0. The predicted molar refractivity (Wildman–Crippen MR) is 386 cm³/mol. The molecule has 0 fully saturated rings. The van der Waals surface area contributed by atoms with Crippen molar-refractivity contribution in [3.8, 4) is 0 Å². The molecule has 3 N–H and O–H groups in total. The molecule has 17 nitrogen and oxygen atoms in total. The fourth-order valence-electron chi connectivity index (χ4n) is 11.6. The number of aliphatic hydroxyl groups excluding tert-OH is 1. The van der Waals surface area contributed by atoms with Crippen LogP contribution in [0.5, 0.6) is 0 Å². The molecule has 0 aromatic heterocycles. The van der Waals surface area contributed by atoms with Gasteiger partial charge in [0.1, 0.15) is 19.3 Å². The van der Waals surface area contributed by atoms with Gasteiger partial charge in [0.05, 0.1) is 26.4 Å². The Labute approximate surface area is 581 Å². The summed E-state index contributed by atoms with van der Waals surface area (Å²) in [6, 6.07) is 0. The van der Waals surface area contributed by atoms with E-state index in [0.717, 1.165) is 108 Å². The molecule has 0 rings (SSSR count). The molecule has 3 unspecified atom stereocenters. The van der Waals surface area contributed by atoms with Gasteiger partial charge >= 0.3 is 39.5 Å². The standard InChI is InChI=1S/C76H148O17P2/c1-7-10-12-14-16-18-20-22-23-24-25-26-27-28-29-31-37-41-49-55-61-76(81)92-71(64-86-73(78)58-52-46-39-35-33-32-34-38-44-50-56-68(4)5)66-90-94(82,83)88-62-70(77)63-89-95(84,85)91-67-72(65-87-74(79)59-53-47-43-42-45-51-57-69(6)9-3)93-75(80)60-54-48-40-36-30-21-19-17-15-13-11-8-2/h68-72,77H,7-67H2,1-6H3,(H,82,83)(H,84,85)/t69?,70-,71-,72-/m1/s1. The first-order valence-corrected chi connectivity index (χ1v) is 42.5. The van der Waals surface area contributed by atoms with Crippen molar-refractivity contribution >= 4 is 39.5 Å². The van der Waals surface area contributed by atoms with E-state index in [2.05, 4.69) is 41.5 Å². The van der Waals surface area contributed by atoms with Crippen molar-refractivity contribution < 1.29 is 80.2 Å². The van der Waals surface area contributed by atoms with Gasteiger partial charge in [-0.1, -0.05) is 343 Å². The third-order valence-corrected chi connectivity index (χ3v) is 20.0. The van der Waals surface area contributed by atoms with E-state index < -0.39 is 97.5 Å². The van der Waals surface area contributed by atoms with Gasteiger partial charge in [-0.25, -0.2) is 9.13 Å². The molecule has 0 aliphatic heterocycles. The van der Waals surface area contributed by atoms with Crippen LogP contribution < -0.4 is 0 Å². The van der Waals surface area contributed by atoms with Crippen LogP contribution in [-0.2, 0) is 65.4 Å². The van der Waals surface area contributed by atoms with Crippen molar-refractivity contribution in [2.45, 2.75) is 413 Å². The Morgan fingerprint density at radius 3 is 0.800 bits per heavy atom. The average Bonchev–Trinajstić information content (AvgIpc) is 2.44. The second kappa shape index (κ2) is 67.9. The van der Waals surface area contributed by atoms with Crippen LogP contribution in [0.25, 0.3) is 0 Å². The van der Waals surface area contributed by atoms with Gasteiger partial charge in [0.25, 0.3) is 0 Å². The zero-order chi connectivity index (χ0) is 70.0. The smallest absolute Gasteiger partial charge is 0.462 e. The molecule has 19 heteroatoms. The van der Waals surface area contributed by atoms with Gasteiger partial charge in [0.15, 0.2) is 12.2 Å². The molecular weight excluding hydrogens is 1250 g/mol. The Kier molecular flexibility index (Phi) is 66.5. The van der Waals surface area contributed by atoms with Crippen molar-refractivity contribution in [3.63, 3.8) is 0 Å². The van der Waals surface area contributed by atoms with Crippen LogP contribution in [0, 0.1) is 11.8 Å². The third-order valence-electron chi connectivity index (χ3n) is 18.1. The highest BCUT2D eigenvalue weighted by Gasteiger charge is 2.30. The van der Waals surface area contributed by atoms with Gasteiger partial charge in [-0.05, 0) is 37.5 Å². The highest BCUT2D eigenvalue weighted by molar-refractivity contribution is 7.47. The molecule has 0 amide bonds. The fraction of sp³-hybridized carbons (Fsp3) is 0.947. The minimum Gasteiger partial charge on any atom is -0.462 e. The van der Waals surface area contributed by atoms with E-state index in [-0.39, 0.29) is 25.7 Å². The number of aliphatic hydroxyl groups is 1. The largest absolute Gasteiger partial charge is 0.472 e.